The van der Waals surface area contributed by atoms with Gasteiger partial charge in [0.15, 0.2) is 0 Å². The van der Waals surface area contributed by atoms with Crippen molar-refractivity contribution in [3.8, 4) is 0 Å². The van der Waals surface area contributed by atoms with Gasteiger partial charge in [-0.1, -0.05) is 12.8 Å². The molecule has 0 unspecified atom stereocenters. The third-order valence-electron chi connectivity index (χ3n) is 3.54. The Balaban J connectivity index is 1.66. The molecule has 1 N–H and O–H groups in total. The van der Waals surface area contributed by atoms with E-state index in [-0.39, 0.29) is 0 Å². The van der Waals surface area contributed by atoms with E-state index < -0.39 is 0 Å². The Hall–Kier alpha value is -0.180. The van der Waals surface area contributed by atoms with E-state index in [0.29, 0.717) is 17.9 Å². The van der Waals surface area contributed by atoms with Crippen LogP contribution in [-0.2, 0) is 4.79 Å². The molecular weight excluding hydrogens is 206 g/mol. The van der Waals surface area contributed by atoms with Crippen LogP contribution < -0.4 is 5.32 Å². The van der Waals surface area contributed by atoms with Crippen molar-refractivity contribution in [3.63, 3.8) is 0 Å². The lowest BCUT2D eigenvalue weighted by molar-refractivity contribution is -0.122. The first-order valence-corrected chi connectivity index (χ1v) is 7.37. The van der Waals surface area contributed by atoms with Crippen LogP contribution in [0.2, 0.25) is 0 Å². The molecule has 2 nitrogen and oxygen atoms in total. The molecule has 0 aromatic carbocycles. The minimum Gasteiger partial charge on any atom is -0.353 e. The molecule has 0 bridgehead atoms. The van der Waals surface area contributed by atoms with Crippen LogP contribution in [-0.4, -0.2) is 23.5 Å². The van der Waals surface area contributed by atoms with Gasteiger partial charge in [-0.2, -0.15) is 11.8 Å². The van der Waals surface area contributed by atoms with Gasteiger partial charge in [-0.3, -0.25) is 4.79 Å². The van der Waals surface area contributed by atoms with Gasteiger partial charge in [0.1, 0.15) is 0 Å². The number of rotatable bonds is 3. The second-order valence-electron chi connectivity index (χ2n) is 4.81. The molecule has 1 aliphatic carbocycles. The van der Waals surface area contributed by atoms with E-state index in [0.717, 1.165) is 6.42 Å². The number of hydrogen-bond donors (Lipinski definition) is 1. The molecule has 2 fully saturated rings. The van der Waals surface area contributed by atoms with Crippen molar-refractivity contribution >= 4 is 17.7 Å². The lowest BCUT2D eigenvalue weighted by atomic mass is 9.98. The second kappa shape index (κ2) is 5.78. The van der Waals surface area contributed by atoms with Gasteiger partial charge in [0.25, 0.3) is 0 Å². The molecule has 2 rings (SSSR count). The number of amides is 1. The predicted molar refractivity (Wildman–Crippen MR) is 65.1 cm³/mol. The highest BCUT2D eigenvalue weighted by Crippen LogP contribution is 2.25. The van der Waals surface area contributed by atoms with Gasteiger partial charge < -0.3 is 5.32 Å². The van der Waals surface area contributed by atoms with E-state index in [1.54, 1.807) is 0 Å². The summed E-state index contributed by atoms with van der Waals surface area (Å²) >= 11 is 2.03. The fourth-order valence-corrected chi connectivity index (χ4v) is 3.77. The topological polar surface area (TPSA) is 29.1 Å². The molecule has 0 aromatic heterocycles. The second-order valence-corrected chi connectivity index (χ2v) is 6.03. The summed E-state index contributed by atoms with van der Waals surface area (Å²) in [4.78, 5) is 11.7. The Bertz CT molecular complexity index is 208. The minimum atomic E-state index is 0.304. The van der Waals surface area contributed by atoms with Gasteiger partial charge in [0.2, 0.25) is 5.91 Å². The molecule has 0 aromatic rings. The van der Waals surface area contributed by atoms with E-state index in [9.17, 15) is 4.79 Å². The van der Waals surface area contributed by atoms with Crippen LogP contribution in [0.4, 0.5) is 0 Å². The Morgan fingerprint density at radius 3 is 2.47 bits per heavy atom. The van der Waals surface area contributed by atoms with E-state index >= 15 is 0 Å². The first-order valence-electron chi connectivity index (χ1n) is 6.21. The van der Waals surface area contributed by atoms with Crippen molar-refractivity contribution in [1.29, 1.82) is 0 Å². The third-order valence-corrected chi connectivity index (χ3v) is 4.58. The molecule has 1 saturated carbocycles. The summed E-state index contributed by atoms with van der Waals surface area (Å²) in [7, 11) is 0. The quantitative estimate of drug-likeness (QED) is 0.803. The summed E-state index contributed by atoms with van der Waals surface area (Å²) in [6.45, 7) is 0. The molecule has 1 saturated heterocycles. The van der Waals surface area contributed by atoms with Crippen LogP contribution in [0.25, 0.3) is 0 Å². The first kappa shape index (κ1) is 11.3. The lowest BCUT2D eigenvalue weighted by Gasteiger charge is -2.21. The predicted octanol–water partition coefficient (Wildman–Crippen LogP) is 2.58. The maximum absolute atomic E-state index is 11.7. The third kappa shape index (κ3) is 3.71. The molecule has 1 heterocycles. The summed E-state index contributed by atoms with van der Waals surface area (Å²) in [5.41, 5.74) is 0. The van der Waals surface area contributed by atoms with E-state index in [2.05, 4.69) is 5.32 Å². The zero-order chi connectivity index (χ0) is 10.5. The summed E-state index contributed by atoms with van der Waals surface area (Å²) < 4.78 is 0. The minimum absolute atomic E-state index is 0.304. The van der Waals surface area contributed by atoms with Crippen molar-refractivity contribution in [2.24, 2.45) is 5.92 Å². The van der Waals surface area contributed by atoms with Gasteiger partial charge in [-0.05, 0) is 43.1 Å². The fourth-order valence-electron chi connectivity index (χ4n) is 2.57. The van der Waals surface area contributed by atoms with E-state index in [1.165, 1.54) is 50.0 Å². The van der Waals surface area contributed by atoms with Crippen LogP contribution in [0, 0.1) is 5.92 Å². The van der Waals surface area contributed by atoms with Crippen LogP contribution >= 0.6 is 11.8 Å². The van der Waals surface area contributed by atoms with Crippen LogP contribution in [0.15, 0.2) is 0 Å². The zero-order valence-corrected chi connectivity index (χ0v) is 10.2. The van der Waals surface area contributed by atoms with E-state index in [1.807, 2.05) is 11.8 Å². The van der Waals surface area contributed by atoms with Crippen molar-refractivity contribution < 1.29 is 4.79 Å². The van der Waals surface area contributed by atoms with E-state index in [4.69, 9.17) is 0 Å². The van der Waals surface area contributed by atoms with Gasteiger partial charge in [-0.25, -0.2) is 0 Å². The summed E-state index contributed by atoms with van der Waals surface area (Å²) in [6.07, 6.45) is 8.25. The molecule has 0 spiro atoms. The Morgan fingerprint density at radius 2 is 1.80 bits per heavy atom. The SMILES string of the molecule is O=C(CC1CCSCC1)NC1CCCC1. The van der Waals surface area contributed by atoms with Crippen molar-refractivity contribution in [2.75, 3.05) is 11.5 Å². The number of nitrogens with one attached hydrogen (secondary N) is 1. The number of carbonyl (C=O) groups is 1. The Kier molecular flexibility index (Phi) is 4.36. The van der Waals surface area contributed by atoms with Crippen molar-refractivity contribution in [1.82, 2.24) is 5.32 Å². The summed E-state index contributed by atoms with van der Waals surface area (Å²) in [5, 5.41) is 3.18. The summed E-state index contributed by atoms with van der Waals surface area (Å²) in [6, 6.07) is 0.496. The number of carbonyl (C=O) groups excluding carboxylic acids is 1. The zero-order valence-electron chi connectivity index (χ0n) is 9.34. The molecule has 15 heavy (non-hydrogen) atoms. The van der Waals surface area contributed by atoms with Gasteiger partial charge in [-0.15, -0.1) is 0 Å². The van der Waals surface area contributed by atoms with Crippen LogP contribution in [0.3, 0.4) is 0 Å². The maximum Gasteiger partial charge on any atom is 0.220 e. The van der Waals surface area contributed by atoms with Gasteiger partial charge in [0, 0.05) is 12.5 Å². The highest BCUT2D eigenvalue weighted by molar-refractivity contribution is 7.99. The van der Waals surface area contributed by atoms with Crippen molar-refractivity contribution in [2.45, 2.75) is 51.0 Å². The Labute approximate surface area is 96.6 Å². The monoisotopic (exact) mass is 227 g/mol. The van der Waals surface area contributed by atoms with Crippen LogP contribution in [0.1, 0.15) is 44.9 Å². The van der Waals surface area contributed by atoms with Gasteiger partial charge >= 0.3 is 0 Å². The summed E-state index contributed by atoms with van der Waals surface area (Å²) in [5.74, 6) is 3.47. The Morgan fingerprint density at radius 1 is 1.13 bits per heavy atom. The maximum atomic E-state index is 11.7. The van der Waals surface area contributed by atoms with Crippen molar-refractivity contribution in [3.05, 3.63) is 0 Å². The average molecular weight is 227 g/mol. The molecule has 0 radical (unpaired) electrons. The number of thioether (sulfide) groups is 1. The molecule has 2 aliphatic rings. The smallest absolute Gasteiger partial charge is 0.220 e. The number of hydrogen-bond acceptors (Lipinski definition) is 2. The normalized spacial score (nSPS) is 24.3. The highest BCUT2D eigenvalue weighted by atomic mass is 32.2. The molecule has 1 aliphatic heterocycles. The van der Waals surface area contributed by atoms with Gasteiger partial charge in [0.05, 0.1) is 0 Å². The largest absolute Gasteiger partial charge is 0.353 e. The molecule has 86 valence electrons. The molecule has 1 amide bonds. The standard InChI is InChI=1S/C12H21NOS/c14-12(13-11-3-1-2-4-11)9-10-5-7-15-8-6-10/h10-11H,1-9H2,(H,13,14). The lowest BCUT2D eigenvalue weighted by Crippen LogP contribution is -2.34. The molecular formula is C12H21NOS. The highest BCUT2D eigenvalue weighted by Gasteiger charge is 2.20. The first-order chi connectivity index (χ1) is 7.34. The molecule has 3 heteroatoms. The fraction of sp³-hybridized carbons (Fsp3) is 0.917. The average Bonchev–Trinajstić information content (AvgIpc) is 2.71. The molecule has 0 atom stereocenters. The van der Waals surface area contributed by atoms with Crippen LogP contribution in [0.5, 0.6) is 0 Å².